The van der Waals surface area contributed by atoms with Crippen LogP contribution in [0, 0.1) is 0 Å². The lowest BCUT2D eigenvalue weighted by Gasteiger charge is -2.09. The molecule has 1 aromatic heterocycles. The number of anilines is 1. The fraction of sp³-hybridized carbons (Fsp3) is 0.625. The number of hydrogen-bond acceptors (Lipinski definition) is 6. The van der Waals surface area contributed by atoms with Crippen molar-refractivity contribution in [2.24, 2.45) is 7.05 Å². The molecule has 7 nitrogen and oxygen atoms in total. The second kappa shape index (κ2) is 4.50. The second-order valence-electron chi connectivity index (χ2n) is 3.83. The SMILES string of the molecule is CSc1nc(N2CC(S(=O)(=O)F)CC2=O)nn1C. The van der Waals surface area contributed by atoms with Crippen LogP contribution in [0.4, 0.5) is 9.83 Å². The Kier molecular flexibility index (Phi) is 3.32. The Hall–Kier alpha value is -1.16. The van der Waals surface area contributed by atoms with Crippen LogP contribution in [0.25, 0.3) is 0 Å². The highest BCUT2D eigenvalue weighted by Gasteiger charge is 2.40. The molecule has 0 radical (unpaired) electrons. The summed E-state index contributed by atoms with van der Waals surface area (Å²) in [7, 11) is -3.06. The van der Waals surface area contributed by atoms with Crippen molar-refractivity contribution in [1.29, 1.82) is 0 Å². The van der Waals surface area contributed by atoms with Crippen LogP contribution in [0.2, 0.25) is 0 Å². The Morgan fingerprint density at radius 1 is 1.50 bits per heavy atom. The summed E-state index contributed by atoms with van der Waals surface area (Å²) < 4.78 is 35.9. The molecule has 0 aromatic carbocycles. The van der Waals surface area contributed by atoms with Crippen molar-refractivity contribution >= 4 is 33.8 Å². The van der Waals surface area contributed by atoms with Crippen molar-refractivity contribution in [3.63, 3.8) is 0 Å². The molecule has 18 heavy (non-hydrogen) atoms. The Labute approximate surface area is 108 Å². The van der Waals surface area contributed by atoms with Gasteiger partial charge in [-0.3, -0.25) is 9.69 Å². The molecule has 0 bridgehead atoms. The molecule has 1 aromatic rings. The van der Waals surface area contributed by atoms with E-state index in [-0.39, 0.29) is 18.9 Å². The van der Waals surface area contributed by atoms with Gasteiger partial charge in [-0.2, -0.15) is 13.4 Å². The summed E-state index contributed by atoms with van der Waals surface area (Å²) in [6, 6.07) is 0. The van der Waals surface area contributed by atoms with Crippen molar-refractivity contribution in [2.75, 3.05) is 17.7 Å². The van der Waals surface area contributed by atoms with Crippen LogP contribution in [-0.2, 0) is 22.1 Å². The van der Waals surface area contributed by atoms with Gasteiger partial charge in [-0.25, -0.2) is 4.68 Å². The maximum atomic E-state index is 12.9. The highest BCUT2D eigenvalue weighted by atomic mass is 32.3. The van der Waals surface area contributed by atoms with Crippen LogP contribution < -0.4 is 4.90 Å². The van der Waals surface area contributed by atoms with E-state index in [1.54, 1.807) is 13.3 Å². The molecule has 1 amide bonds. The van der Waals surface area contributed by atoms with Gasteiger partial charge in [0, 0.05) is 20.0 Å². The Morgan fingerprint density at radius 2 is 2.17 bits per heavy atom. The number of thioether (sulfide) groups is 1. The number of hydrogen-bond donors (Lipinski definition) is 0. The largest absolute Gasteiger partial charge is 0.307 e. The van der Waals surface area contributed by atoms with E-state index in [0.717, 1.165) is 4.90 Å². The molecule has 10 heteroatoms. The lowest BCUT2D eigenvalue weighted by molar-refractivity contribution is -0.117. The summed E-state index contributed by atoms with van der Waals surface area (Å²) in [6.45, 7) is -0.241. The van der Waals surface area contributed by atoms with Gasteiger partial charge in [0.1, 0.15) is 5.25 Å². The van der Waals surface area contributed by atoms with Gasteiger partial charge in [0.05, 0.1) is 0 Å². The number of aromatic nitrogens is 3. The van der Waals surface area contributed by atoms with E-state index in [4.69, 9.17) is 0 Å². The number of carbonyl (C=O) groups excluding carboxylic acids is 1. The Balaban J connectivity index is 2.27. The number of nitrogens with zero attached hydrogens (tertiary/aromatic N) is 4. The molecular weight excluding hydrogens is 283 g/mol. The van der Waals surface area contributed by atoms with E-state index < -0.39 is 21.4 Å². The maximum absolute atomic E-state index is 12.9. The summed E-state index contributed by atoms with van der Waals surface area (Å²) in [4.78, 5) is 16.8. The van der Waals surface area contributed by atoms with E-state index in [1.807, 2.05) is 0 Å². The van der Waals surface area contributed by atoms with E-state index in [2.05, 4.69) is 10.1 Å². The molecule has 1 saturated heterocycles. The average molecular weight is 294 g/mol. The summed E-state index contributed by atoms with van der Waals surface area (Å²) >= 11 is 1.34. The number of aryl methyl sites for hydroxylation is 1. The zero-order valence-electron chi connectivity index (χ0n) is 9.70. The molecule has 0 N–H and O–H groups in total. The van der Waals surface area contributed by atoms with Gasteiger partial charge in [-0.1, -0.05) is 11.8 Å². The minimum atomic E-state index is -4.72. The minimum absolute atomic E-state index is 0.109. The number of halogens is 1. The maximum Gasteiger partial charge on any atom is 0.307 e. The molecular formula is C8H11FN4O3S2. The standard InChI is InChI=1S/C8H11FN4O3S2/c1-12-8(17-2)10-7(11-12)13-4-5(3-6(13)14)18(9,15)16/h5H,3-4H2,1-2H3. The summed E-state index contributed by atoms with van der Waals surface area (Å²) in [5.41, 5.74) is 0. The Morgan fingerprint density at radius 3 is 2.61 bits per heavy atom. The van der Waals surface area contributed by atoms with Crippen molar-refractivity contribution < 1.29 is 17.1 Å². The number of amides is 1. The smallest absolute Gasteiger partial charge is 0.278 e. The highest BCUT2D eigenvalue weighted by molar-refractivity contribution is 7.98. The van der Waals surface area contributed by atoms with Gasteiger partial charge in [0.25, 0.3) is 5.95 Å². The van der Waals surface area contributed by atoms with Gasteiger partial charge in [0.2, 0.25) is 5.91 Å². The highest BCUT2D eigenvalue weighted by Crippen LogP contribution is 2.24. The fourth-order valence-corrected chi connectivity index (χ4v) is 2.85. The molecule has 2 heterocycles. The minimum Gasteiger partial charge on any atom is -0.278 e. The molecule has 1 atom stereocenters. The zero-order valence-corrected chi connectivity index (χ0v) is 11.3. The van der Waals surface area contributed by atoms with Crippen molar-refractivity contribution in [2.45, 2.75) is 16.8 Å². The molecule has 1 fully saturated rings. The van der Waals surface area contributed by atoms with Crippen LogP contribution in [0.5, 0.6) is 0 Å². The zero-order chi connectivity index (χ0) is 13.5. The van der Waals surface area contributed by atoms with E-state index in [1.165, 1.54) is 16.4 Å². The number of rotatable bonds is 3. The van der Waals surface area contributed by atoms with Gasteiger partial charge < -0.3 is 0 Å². The number of carbonyl (C=O) groups is 1. The molecule has 100 valence electrons. The molecule has 0 aliphatic carbocycles. The summed E-state index contributed by atoms with van der Waals surface area (Å²) in [5.74, 6) is -0.377. The van der Waals surface area contributed by atoms with Crippen LogP contribution in [-0.4, -0.2) is 47.1 Å². The molecule has 1 aliphatic rings. The van der Waals surface area contributed by atoms with Gasteiger partial charge in [0.15, 0.2) is 5.16 Å². The molecule has 0 spiro atoms. The molecule has 0 saturated carbocycles. The van der Waals surface area contributed by atoms with E-state index in [0.29, 0.717) is 5.16 Å². The predicted octanol–water partition coefficient (Wildman–Crippen LogP) is -0.0584. The van der Waals surface area contributed by atoms with E-state index in [9.17, 15) is 17.1 Å². The van der Waals surface area contributed by atoms with Crippen LogP contribution in [0.1, 0.15) is 6.42 Å². The third-order valence-corrected chi connectivity index (χ3v) is 4.46. The monoisotopic (exact) mass is 294 g/mol. The molecule has 1 unspecified atom stereocenters. The lowest BCUT2D eigenvalue weighted by atomic mass is 10.4. The fourth-order valence-electron chi connectivity index (χ4n) is 1.71. The summed E-state index contributed by atoms with van der Waals surface area (Å²) in [6.07, 6.45) is 1.43. The first kappa shape index (κ1) is 13.3. The molecule has 2 rings (SSSR count). The van der Waals surface area contributed by atoms with Crippen molar-refractivity contribution in [3.05, 3.63) is 0 Å². The topological polar surface area (TPSA) is 85.2 Å². The average Bonchev–Trinajstić information content (AvgIpc) is 2.80. The van der Waals surface area contributed by atoms with Gasteiger partial charge >= 0.3 is 10.2 Å². The third kappa shape index (κ3) is 2.34. The Bertz CT molecular complexity index is 585. The summed E-state index contributed by atoms with van der Waals surface area (Å²) in [5, 5.41) is 3.26. The van der Waals surface area contributed by atoms with Crippen LogP contribution in [0.3, 0.4) is 0 Å². The quantitative estimate of drug-likeness (QED) is 0.573. The van der Waals surface area contributed by atoms with E-state index >= 15 is 0 Å². The third-order valence-electron chi connectivity index (χ3n) is 2.62. The predicted molar refractivity (Wildman–Crippen MR) is 63.6 cm³/mol. The first-order valence-electron chi connectivity index (χ1n) is 5.01. The first-order chi connectivity index (χ1) is 8.32. The lowest BCUT2D eigenvalue weighted by Crippen LogP contribution is -2.28. The first-order valence-corrected chi connectivity index (χ1v) is 7.69. The van der Waals surface area contributed by atoms with Crippen LogP contribution >= 0.6 is 11.8 Å². The second-order valence-corrected chi connectivity index (χ2v) is 6.22. The molecule has 1 aliphatic heterocycles. The normalized spacial score (nSPS) is 20.7. The van der Waals surface area contributed by atoms with Crippen molar-refractivity contribution in [1.82, 2.24) is 14.8 Å². The van der Waals surface area contributed by atoms with Crippen LogP contribution in [0.15, 0.2) is 5.16 Å². The van der Waals surface area contributed by atoms with Gasteiger partial charge in [-0.15, -0.1) is 8.98 Å². The van der Waals surface area contributed by atoms with Crippen molar-refractivity contribution in [3.8, 4) is 0 Å². The van der Waals surface area contributed by atoms with Gasteiger partial charge in [-0.05, 0) is 6.26 Å².